The van der Waals surface area contributed by atoms with Gasteiger partial charge in [0.25, 0.3) is 0 Å². The maximum absolute atomic E-state index is 10.8. The van der Waals surface area contributed by atoms with Crippen molar-refractivity contribution in [3.8, 4) is 0 Å². The molecule has 0 bridgehead atoms. The average molecular weight is 223 g/mol. The van der Waals surface area contributed by atoms with E-state index in [1.54, 1.807) is 0 Å². The van der Waals surface area contributed by atoms with E-state index in [2.05, 4.69) is 20.9 Å². The van der Waals surface area contributed by atoms with Gasteiger partial charge in [-0.25, -0.2) is 4.68 Å². The first-order chi connectivity index (χ1) is 7.75. The Bertz CT molecular complexity index is 356. The molecule has 1 aromatic heterocycles. The van der Waals surface area contributed by atoms with Crippen LogP contribution < -0.4 is 10.6 Å². The van der Waals surface area contributed by atoms with Crippen molar-refractivity contribution in [1.82, 2.24) is 25.6 Å². The first-order valence-electron chi connectivity index (χ1n) is 5.61. The Labute approximate surface area is 94.4 Å². The molecule has 1 fully saturated rings. The van der Waals surface area contributed by atoms with Crippen molar-refractivity contribution in [3.05, 3.63) is 11.9 Å². The number of carbonyl (C=O) groups excluding carboxylic acids is 1. The highest BCUT2D eigenvalue weighted by molar-refractivity contribution is 5.72. The lowest BCUT2D eigenvalue weighted by Crippen LogP contribution is -2.29. The highest BCUT2D eigenvalue weighted by Gasteiger charge is 2.16. The molecule has 0 spiro atoms. The fourth-order valence-corrected chi connectivity index (χ4v) is 1.86. The Hall–Kier alpha value is -1.43. The van der Waals surface area contributed by atoms with Gasteiger partial charge in [-0.05, 0) is 25.9 Å². The summed E-state index contributed by atoms with van der Waals surface area (Å²) in [6.07, 6.45) is 4.10. The van der Waals surface area contributed by atoms with Crippen LogP contribution in [0.5, 0.6) is 0 Å². The molecular formula is C10H17N5O. The molecule has 16 heavy (non-hydrogen) atoms. The van der Waals surface area contributed by atoms with Gasteiger partial charge >= 0.3 is 0 Å². The van der Waals surface area contributed by atoms with E-state index < -0.39 is 0 Å². The van der Waals surface area contributed by atoms with Crippen LogP contribution in [0.15, 0.2) is 6.20 Å². The summed E-state index contributed by atoms with van der Waals surface area (Å²) in [5.74, 6) is -0.0450. The van der Waals surface area contributed by atoms with Crippen molar-refractivity contribution < 1.29 is 4.79 Å². The normalized spacial score (nSPS) is 17.3. The Morgan fingerprint density at radius 3 is 3.06 bits per heavy atom. The van der Waals surface area contributed by atoms with Crippen LogP contribution in [-0.4, -0.2) is 34.0 Å². The molecule has 1 aliphatic rings. The second kappa shape index (κ2) is 5.07. The highest BCUT2D eigenvalue weighted by Crippen LogP contribution is 2.16. The van der Waals surface area contributed by atoms with Gasteiger partial charge in [-0.3, -0.25) is 4.79 Å². The van der Waals surface area contributed by atoms with Crippen LogP contribution in [0.3, 0.4) is 0 Å². The smallest absolute Gasteiger partial charge is 0.217 e. The third-order valence-electron chi connectivity index (χ3n) is 2.76. The molecule has 0 aromatic carbocycles. The number of nitrogens with one attached hydrogen (secondary N) is 2. The average Bonchev–Trinajstić information content (AvgIpc) is 2.76. The van der Waals surface area contributed by atoms with E-state index in [4.69, 9.17) is 0 Å². The van der Waals surface area contributed by atoms with E-state index in [1.807, 2.05) is 10.9 Å². The number of amides is 1. The third kappa shape index (κ3) is 2.79. The van der Waals surface area contributed by atoms with Crippen molar-refractivity contribution in [1.29, 1.82) is 0 Å². The number of hydrogen-bond acceptors (Lipinski definition) is 4. The summed E-state index contributed by atoms with van der Waals surface area (Å²) in [6, 6.07) is 0.444. The molecule has 1 saturated heterocycles. The van der Waals surface area contributed by atoms with Crippen molar-refractivity contribution in [2.24, 2.45) is 0 Å². The van der Waals surface area contributed by atoms with Gasteiger partial charge in [0, 0.05) is 6.92 Å². The van der Waals surface area contributed by atoms with E-state index in [0.717, 1.165) is 31.6 Å². The molecule has 0 aliphatic carbocycles. The lowest BCUT2D eigenvalue weighted by atomic mass is 10.1. The first kappa shape index (κ1) is 11.1. The van der Waals surface area contributed by atoms with E-state index >= 15 is 0 Å². The number of hydrogen-bond donors (Lipinski definition) is 2. The molecule has 2 rings (SSSR count). The first-order valence-corrected chi connectivity index (χ1v) is 5.61. The van der Waals surface area contributed by atoms with Crippen LogP contribution in [0.1, 0.15) is 31.5 Å². The van der Waals surface area contributed by atoms with E-state index in [1.165, 1.54) is 6.92 Å². The molecule has 1 aliphatic heterocycles. The van der Waals surface area contributed by atoms with Gasteiger partial charge in [-0.15, -0.1) is 5.10 Å². The van der Waals surface area contributed by atoms with Crippen molar-refractivity contribution in [2.45, 2.75) is 32.4 Å². The van der Waals surface area contributed by atoms with Crippen LogP contribution in [0, 0.1) is 0 Å². The lowest BCUT2D eigenvalue weighted by Gasteiger charge is -2.22. The number of carbonyl (C=O) groups is 1. The van der Waals surface area contributed by atoms with Crippen molar-refractivity contribution in [3.63, 3.8) is 0 Å². The second-order valence-electron chi connectivity index (χ2n) is 4.08. The van der Waals surface area contributed by atoms with E-state index in [9.17, 15) is 4.79 Å². The number of nitrogens with zero attached hydrogens (tertiary/aromatic N) is 3. The van der Waals surface area contributed by atoms with Crippen LogP contribution in [0.25, 0.3) is 0 Å². The summed E-state index contributed by atoms with van der Waals surface area (Å²) in [6.45, 7) is 4.02. The number of rotatable bonds is 3. The zero-order chi connectivity index (χ0) is 11.4. The molecule has 6 nitrogen and oxygen atoms in total. The molecule has 2 heterocycles. The van der Waals surface area contributed by atoms with Crippen LogP contribution in [0.2, 0.25) is 0 Å². The fraction of sp³-hybridized carbons (Fsp3) is 0.700. The predicted octanol–water partition coefficient (Wildman–Crippen LogP) is -0.161. The Balaban J connectivity index is 1.93. The quantitative estimate of drug-likeness (QED) is 0.747. The molecule has 1 aromatic rings. The lowest BCUT2D eigenvalue weighted by molar-refractivity contribution is -0.119. The minimum Gasteiger partial charge on any atom is -0.351 e. The summed E-state index contributed by atoms with van der Waals surface area (Å²) < 4.78 is 1.91. The molecule has 0 saturated carbocycles. The monoisotopic (exact) mass is 223 g/mol. The molecule has 6 heteroatoms. The highest BCUT2D eigenvalue weighted by atomic mass is 16.1. The summed E-state index contributed by atoms with van der Waals surface area (Å²) in [5.41, 5.74) is 0.814. The predicted molar refractivity (Wildman–Crippen MR) is 58.7 cm³/mol. The zero-order valence-corrected chi connectivity index (χ0v) is 9.44. The summed E-state index contributed by atoms with van der Waals surface area (Å²) in [4.78, 5) is 10.8. The maximum Gasteiger partial charge on any atom is 0.217 e. The van der Waals surface area contributed by atoms with Crippen molar-refractivity contribution >= 4 is 5.91 Å². The molecule has 1 amide bonds. The Morgan fingerprint density at radius 1 is 1.62 bits per heavy atom. The fourth-order valence-electron chi connectivity index (χ4n) is 1.86. The molecule has 2 N–H and O–H groups in total. The Morgan fingerprint density at radius 2 is 2.38 bits per heavy atom. The van der Waals surface area contributed by atoms with Gasteiger partial charge < -0.3 is 10.6 Å². The van der Waals surface area contributed by atoms with Crippen molar-refractivity contribution in [2.75, 3.05) is 13.1 Å². The van der Waals surface area contributed by atoms with Gasteiger partial charge in [0.2, 0.25) is 5.91 Å². The molecule has 0 unspecified atom stereocenters. The van der Waals surface area contributed by atoms with Gasteiger partial charge in [0.05, 0.1) is 18.8 Å². The molecular weight excluding hydrogens is 206 g/mol. The minimum atomic E-state index is -0.0450. The largest absolute Gasteiger partial charge is 0.351 e. The van der Waals surface area contributed by atoms with Gasteiger partial charge in [-0.1, -0.05) is 5.21 Å². The standard InChI is InChI=1S/C10H17N5O/c1-8(16)12-6-9-7-15(14-13-9)10-2-4-11-5-3-10/h7,10-11H,2-6H2,1H3,(H,12,16). The summed E-state index contributed by atoms with van der Waals surface area (Å²) in [5, 5.41) is 14.2. The van der Waals surface area contributed by atoms with Gasteiger partial charge in [0.15, 0.2) is 0 Å². The second-order valence-corrected chi connectivity index (χ2v) is 4.08. The van der Waals surface area contributed by atoms with Crippen LogP contribution in [-0.2, 0) is 11.3 Å². The van der Waals surface area contributed by atoms with Crippen LogP contribution in [0.4, 0.5) is 0 Å². The minimum absolute atomic E-state index is 0.0450. The zero-order valence-electron chi connectivity index (χ0n) is 9.44. The summed E-state index contributed by atoms with van der Waals surface area (Å²) in [7, 11) is 0. The number of piperidine rings is 1. The SMILES string of the molecule is CC(=O)NCc1cn(C2CCNCC2)nn1. The topological polar surface area (TPSA) is 71.8 Å². The van der Waals surface area contributed by atoms with E-state index in [0.29, 0.717) is 12.6 Å². The number of aromatic nitrogens is 3. The van der Waals surface area contributed by atoms with Gasteiger partial charge in [0.1, 0.15) is 5.69 Å². The summed E-state index contributed by atoms with van der Waals surface area (Å²) >= 11 is 0. The Kier molecular flexibility index (Phi) is 3.51. The molecule has 0 atom stereocenters. The third-order valence-corrected chi connectivity index (χ3v) is 2.76. The van der Waals surface area contributed by atoms with Gasteiger partial charge in [-0.2, -0.15) is 0 Å². The molecule has 88 valence electrons. The maximum atomic E-state index is 10.8. The molecule has 0 radical (unpaired) electrons. The van der Waals surface area contributed by atoms with Crippen LogP contribution >= 0.6 is 0 Å². The van der Waals surface area contributed by atoms with E-state index in [-0.39, 0.29) is 5.91 Å².